The Morgan fingerprint density at radius 1 is 1.29 bits per heavy atom. The molecule has 2 N–H and O–H groups in total. The second-order valence-corrected chi connectivity index (χ2v) is 8.78. The van der Waals surface area contributed by atoms with E-state index in [2.05, 4.69) is 16.7 Å². The fourth-order valence-electron chi connectivity index (χ4n) is 3.72. The molecule has 0 saturated heterocycles. The van der Waals surface area contributed by atoms with Crippen LogP contribution in [0.15, 0.2) is 42.5 Å². The molecule has 0 radical (unpaired) electrons. The lowest BCUT2D eigenvalue weighted by molar-refractivity contribution is -0.384. The average Bonchev–Trinajstić information content (AvgIpc) is 2.76. The topological polar surface area (TPSA) is 101 Å². The molecule has 1 aliphatic rings. The number of carbonyl (C=O) groups is 2. The number of amides is 2. The summed E-state index contributed by atoms with van der Waals surface area (Å²) < 4.78 is 0. The first kappa shape index (κ1) is 23.1. The molecule has 0 aliphatic heterocycles. The minimum absolute atomic E-state index is 0.0470. The molecule has 2 atom stereocenters. The molecular weight excluding hydrogens is 438 g/mol. The molecule has 164 valence electrons. The summed E-state index contributed by atoms with van der Waals surface area (Å²) in [4.78, 5) is 36.3. The van der Waals surface area contributed by atoms with Crippen LogP contribution in [0.1, 0.15) is 46.8 Å². The van der Waals surface area contributed by atoms with Crippen molar-refractivity contribution in [3.63, 3.8) is 0 Å². The third kappa shape index (κ3) is 5.77. The number of hydrogen-bond donors (Lipinski definition) is 2. The van der Waals surface area contributed by atoms with Crippen molar-refractivity contribution < 1.29 is 14.5 Å². The van der Waals surface area contributed by atoms with Gasteiger partial charge < -0.3 is 10.6 Å². The number of nitrogens with one attached hydrogen (secondary N) is 2. The number of fused-ring (bicyclic) bond motifs is 1. The van der Waals surface area contributed by atoms with E-state index < -0.39 is 16.9 Å². The predicted molar refractivity (Wildman–Crippen MR) is 123 cm³/mol. The molecule has 7 nitrogen and oxygen atoms in total. The molecule has 0 saturated carbocycles. The number of carbonyl (C=O) groups excluding carboxylic acids is 2. The van der Waals surface area contributed by atoms with Gasteiger partial charge in [-0.15, -0.1) is 0 Å². The van der Waals surface area contributed by atoms with Crippen LogP contribution in [0.4, 0.5) is 5.69 Å². The van der Waals surface area contributed by atoms with Crippen LogP contribution in [0.5, 0.6) is 0 Å². The van der Waals surface area contributed by atoms with Crippen molar-refractivity contribution in [1.29, 1.82) is 0 Å². The third-order valence-corrected chi connectivity index (χ3v) is 6.29. The van der Waals surface area contributed by atoms with Gasteiger partial charge in [0.25, 0.3) is 11.6 Å². The highest BCUT2D eigenvalue weighted by Gasteiger charge is 2.27. The van der Waals surface area contributed by atoms with Crippen LogP contribution < -0.4 is 10.6 Å². The Bertz CT molecular complexity index is 985. The molecule has 31 heavy (non-hydrogen) atoms. The van der Waals surface area contributed by atoms with E-state index in [1.54, 1.807) is 11.8 Å². The normalized spacial score (nSPS) is 16.1. The van der Waals surface area contributed by atoms with Crippen molar-refractivity contribution in [1.82, 2.24) is 10.6 Å². The highest BCUT2D eigenvalue weighted by Crippen LogP contribution is 2.29. The lowest BCUT2D eigenvalue weighted by atomic mass is 9.87. The quantitative estimate of drug-likeness (QED) is 0.451. The summed E-state index contributed by atoms with van der Waals surface area (Å²) in [6.07, 6.45) is 5.19. The second kappa shape index (κ2) is 10.6. The summed E-state index contributed by atoms with van der Waals surface area (Å²) in [5.41, 5.74) is 2.09. The molecule has 9 heteroatoms. The van der Waals surface area contributed by atoms with E-state index in [0.717, 1.165) is 30.9 Å². The molecule has 2 aromatic carbocycles. The maximum absolute atomic E-state index is 13.1. The molecule has 1 aliphatic carbocycles. The van der Waals surface area contributed by atoms with Crippen molar-refractivity contribution in [2.24, 2.45) is 0 Å². The van der Waals surface area contributed by atoms with E-state index in [1.165, 1.54) is 17.7 Å². The van der Waals surface area contributed by atoms with Crippen LogP contribution in [0.25, 0.3) is 0 Å². The van der Waals surface area contributed by atoms with Crippen molar-refractivity contribution in [2.75, 3.05) is 12.0 Å². The van der Waals surface area contributed by atoms with Gasteiger partial charge in [-0.25, -0.2) is 0 Å². The Balaban J connectivity index is 1.74. The maximum atomic E-state index is 13.1. The fraction of sp³-hybridized carbons (Fsp3) is 0.364. The Kier molecular flexibility index (Phi) is 7.92. The molecule has 2 aromatic rings. The molecule has 0 bridgehead atoms. The van der Waals surface area contributed by atoms with Gasteiger partial charge >= 0.3 is 0 Å². The molecular formula is C22H24ClN3O4S. The van der Waals surface area contributed by atoms with Gasteiger partial charge in [0.05, 0.1) is 11.0 Å². The average molecular weight is 462 g/mol. The highest BCUT2D eigenvalue weighted by molar-refractivity contribution is 7.98. The van der Waals surface area contributed by atoms with Crippen LogP contribution in [-0.4, -0.2) is 34.8 Å². The zero-order chi connectivity index (χ0) is 22.4. The molecule has 0 fully saturated rings. The van der Waals surface area contributed by atoms with Gasteiger partial charge in [-0.3, -0.25) is 19.7 Å². The largest absolute Gasteiger partial charge is 0.348 e. The van der Waals surface area contributed by atoms with Gasteiger partial charge in [0.2, 0.25) is 5.91 Å². The van der Waals surface area contributed by atoms with Gasteiger partial charge in [-0.2, -0.15) is 11.8 Å². The monoisotopic (exact) mass is 461 g/mol. The first-order valence-corrected chi connectivity index (χ1v) is 11.8. The summed E-state index contributed by atoms with van der Waals surface area (Å²) in [6, 6.07) is 11.1. The molecule has 0 heterocycles. The first-order valence-electron chi connectivity index (χ1n) is 10.0. The van der Waals surface area contributed by atoms with Crippen molar-refractivity contribution >= 4 is 40.9 Å². The van der Waals surface area contributed by atoms with Crippen LogP contribution >= 0.6 is 23.4 Å². The summed E-state index contributed by atoms with van der Waals surface area (Å²) in [6.45, 7) is 0. The van der Waals surface area contributed by atoms with Crippen LogP contribution in [0.3, 0.4) is 0 Å². The van der Waals surface area contributed by atoms with Gasteiger partial charge in [-0.05, 0) is 61.0 Å². The van der Waals surface area contributed by atoms with Gasteiger partial charge in [0.15, 0.2) is 0 Å². The Morgan fingerprint density at radius 3 is 2.81 bits per heavy atom. The SMILES string of the molecule is CSCC[C@H](NC(=O)c1ccc(Cl)c([N+](=O)[O-])c1)C(=O)N[C@@H]1CCCc2ccccc21. The summed E-state index contributed by atoms with van der Waals surface area (Å²) in [7, 11) is 0. The molecule has 0 spiro atoms. The van der Waals surface area contributed by atoms with Crippen molar-refractivity contribution in [3.8, 4) is 0 Å². The molecule has 0 unspecified atom stereocenters. The molecule has 2 amide bonds. The number of benzene rings is 2. The van der Waals surface area contributed by atoms with E-state index in [0.29, 0.717) is 12.2 Å². The Labute approximate surface area is 190 Å². The number of hydrogen-bond acceptors (Lipinski definition) is 5. The summed E-state index contributed by atoms with van der Waals surface area (Å²) in [5, 5.41) is 16.9. The summed E-state index contributed by atoms with van der Waals surface area (Å²) >= 11 is 7.41. The third-order valence-electron chi connectivity index (χ3n) is 5.32. The van der Waals surface area contributed by atoms with Gasteiger partial charge in [-0.1, -0.05) is 35.9 Å². The molecule has 3 rings (SSSR count). The van der Waals surface area contributed by atoms with Crippen molar-refractivity contribution in [3.05, 3.63) is 74.3 Å². The van der Waals surface area contributed by atoms with E-state index >= 15 is 0 Å². The smallest absolute Gasteiger partial charge is 0.288 e. The Hall–Kier alpha value is -2.58. The maximum Gasteiger partial charge on any atom is 0.288 e. The number of halogens is 1. The van der Waals surface area contributed by atoms with Crippen molar-refractivity contribution in [2.45, 2.75) is 37.8 Å². The number of thioether (sulfide) groups is 1. The van der Waals surface area contributed by atoms with E-state index in [9.17, 15) is 19.7 Å². The fourth-order valence-corrected chi connectivity index (χ4v) is 4.37. The minimum Gasteiger partial charge on any atom is -0.348 e. The summed E-state index contributed by atoms with van der Waals surface area (Å²) in [5.74, 6) is -0.127. The lowest BCUT2D eigenvalue weighted by Crippen LogP contribution is -2.48. The zero-order valence-corrected chi connectivity index (χ0v) is 18.7. The van der Waals surface area contributed by atoms with E-state index in [4.69, 9.17) is 11.6 Å². The Morgan fingerprint density at radius 2 is 2.06 bits per heavy atom. The standard InChI is InChI=1S/C22H24ClN3O4S/c1-31-12-11-19(25-21(27)15-9-10-17(23)20(13-15)26(29)30)22(28)24-18-8-4-6-14-5-2-3-7-16(14)18/h2-3,5,7,9-10,13,18-19H,4,6,8,11-12H2,1H3,(H,24,28)(H,25,27)/t18-,19+/m1/s1. The first-order chi connectivity index (χ1) is 14.9. The number of nitrogens with zero attached hydrogens (tertiary/aromatic N) is 1. The van der Waals surface area contributed by atoms with Gasteiger partial charge in [0.1, 0.15) is 11.1 Å². The predicted octanol–water partition coefficient (Wildman–Crippen LogP) is 4.29. The highest BCUT2D eigenvalue weighted by atomic mass is 35.5. The van der Waals surface area contributed by atoms with Crippen LogP contribution in [0, 0.1) is 10.1 Å². The van der Waals surface area contributed by atoms with E-state index in [-0.39, 0.29) is 28.2 Å². The molecule has 0 aromatic heterocycles. The number of aryl methyl sites for hydroxylation is 1. The van der Waals surface area contributed by atoms with E-state index in [1.807, 2.05) is 24.5 Å². The number of rotatable bonds is 8. The van der Waals surface area contributed by atoms with Crippen LogP contribution in [0.2, 0.25) is 5.02 Å². The van der Waals surface area contributed by atoms with Crippen LogP contribution in [-0.2, 0) is 11.2 Å². The number of nitro groups is 1. The van der Waals surface area contributed by atoms with Gasteiger partial charge in [0, 0.05) is 11.6 Å². The second-order valence-electron chi connectivity index (χ2n) is 7.38. The number of nitro benzene ring substituents is 1. The minimum atomic E-state index is -0.747. The zero-order valence-electron chi connectivity index (χ0n) is 17.1. The lowest BCUT2D eigenvalue weighted by Gasteiger charge is -2.28.